The number of nitrogens with zero attached hydrogens (tertiary/aromatic N) is 1. The second kappa shape index (κ2) is 7.55. The normalized spacial score (nSPS) is 14.3. The standard InChI is InChI=1S/C22H21F7N2/c1-20(2,3)11-31-10-16(19(30)22(27,28)29)15-6-4-12(8-18(15)31)14-7-5-13(23)9-17(14)21(24,25)26/h4-10,19H,11,30H2,1-3H3/t19-/m0/s1. The molecular formula is C22H21F7N2. The summed E-state index contributed by atoms with van der Waals surface area (Å²) in [6.07, 6.45) is -8.18. The van der Waals surface area contributed by atoms with Crippen molar-refractivity contribution in [2.75, 3.05) is 0 Å². The fourth-order valence-electron chi connectivity index (χ4n) is 3.56. The summed E-state index contributed by atoms with van der Waals surface area (Å²) >= 11 is 0. The fraction of sp³-hybridized carbons (Fsp3) is 0.364. The van der Waals surface area contributed by atoms with Crippen molar-refractivity contribution in [3.63, 3.8) is 0 Å². The summed E-state index contributed by atoms with van der Waals surface area (Å²) in [6.45, 7) is 5.96. The van der Waals surface area contributed by atoms with Crippen LogP contribution in [0.5, 0.6) is 0 Å². The van der Waals surface area contributed by atoms with Gasteiger partial charge in [-0.2, -0.15) is 26.3 Å². The molecule has 9 heteroatoms. The molecule has 2 aromatic carbocycles. The van der Waals surface area contributed by atoms with Crippen molar-refractivity contribution in [2.24, 2.45) is 11.1 Å². The van der Waals surface area contributed by atoms with Crippen LogP contribution in [0.15, 0.2) is 42.6 Å². The zero-order valence-electron chi connectivity index (χ0n) is 17.0. The SMILES string of the molecule is CC(C)(C)Cn1cc([C@H](N)C(F)(F)F)c2ccc(-c3ccc(F)cc3C(F)(F)F)cc21. The van der Waals surface area contributed by atoms with Gasteiger partial charge in [0.1, 0.15) is 11.9 Å². The highest BCUT2D eigenvalue weighted by Crippen LogP contribution is 2.41. The van der Waals surface area contributed by atoms with Crippen LogP contribution in [0.4, 0.5) is 30.7 Å². The number of benzene rings is 2. The Bertz CT molecular complexity index is 1100. The van der Waals surface area contributed by atoms with E-state index in [1.165, 1.54) is 24.4 Å². The van der Waals surface area contributed by atoms with Crippen LogP contribution in [0, 0.1) is 11.2 Å². The van der Waals surface area contributed by atoms with Crippen LogP contribution < -0.4 is 5.73 Å². The number of alkyl halides is 6. The molecule has 3 rings (SSSR count). The maximum absolute atomic E-state index is 13.5. The first kappa shape index (κ1) is 23.1. The maximum atomic E-state index is 13.5. The van der Waals surface area contributed by atoms with Crippen LogP contribution in [0.1, 0.15) is 37.9 Å². The number of aromatic nitrogens is 1. The van der Waals surface area contributed by atoms with Gasteiger partial charge in [-0.25, -0.2) is 4.39 Å². The van der Waals surface area contributed by atoms with E-state index in [1.807, 2.05) is 20.8 Å². The third kappa shape index (κ3) is 4.87. The molecule has 0 amide bonds. The molecule has 0 saturated heterocycles. The highest BCUT2D eigenvalue weighted by Gasteiger charge is 2.40. The maximum Gasteiger partial charge on any atom is 0.417 e. The highest BCUT2D eigenvalue weighted by atomic mass is 19.4. The van der Waals surface area contributed by atoms with Gasteiger partial charge in [-0.3, -0.25) is 0 Å². The van der Waals surface area contributed by atoms with Crippen molar-refractivity contribution in [3.8, 4) is 11.1 Å². The summed E-state index contributed by atoms with van der Waals surface area (Å²) in [7, 11) is 0. The van der Waals surface area contributed by atoms with Gasteiger partial charge < -0.3 is 10.3 Å². The van der Waals surface area contributed by atoms with Crippen LogP contribution in [-0.2, 0) is 12.7 Å². The lowest BCUT2D eigenvalue weighted by molar-refractivity contribution is -0.148. The molecule has 2 nitrogen and oxygen atoms in total. The molecular weight excluding hydrogens is 425 g/mol. The Kier molecular flexibility index (Phi) is 5.63. The van der Waals surface area contributed by atoms with Gasteiger partial charge in [0.25, 0.3) is 0 Å². The average Bonchev–Trinajstić information content (AvgIpc) is 2.95. The molecule has 0 fully saturated rings. The predicted octanol–water partition coefficient (Wildman–Crippen LogP) is 7.07. The number of rotatable bonds is 3. The van der Waals surface area contributed by atoms with Gasteiger partial charge in [0.15, 0.2) is 0 Å². The Morgan fingerprint density at radius 1 is 0.935 bits per heavy atom. The number of nitrogens with two attached hydrogens (primary N) is 1. The van der Waals surface area contributed by atoms with E-state index in [1.54, 1.807) is 4.57 Å². The molecule has 31 heavy (non-hydrogen) atoms. The van der Waals surface area contributed by atoms with E-state index in [-0.39, 0.29) is 27.5 Å². The van der Waals surface area contributed by atoms with Crippen LogP contribution in [-0.4, -0.2) is 10.7 Å². The van der Waals surface area contributed by atoms with Crippen molar-refractivity contribution >= 4 is 10.9 Å². The van der Waals surface area contributed by atoms with Gasteiger partial charge in [0.05, 0.1) is 5.56 Å². The molecule has 0 bridgehead atoms. The second-order valence-corrected chi connectivity index (χ2v) is 8.71. The van der Waals surface area contributed by atoms with E-state index in [0.29, 0.717) is 18.1 Å². The molecule has 1 aromatic heterocycles. The lowest BCUT2D eigenvalue weighted by Crippen LogP contribution is -2.28. The minimum absolute atomic E-state index is 0.111. The minimum atomic E-state index is -4.80. The summed E-state index contributed by atoms with van der Waals surface area (Å²) in [4.78, 5) is 0. The van der Waals surface area contributed by atoms with Gasteiger partial charge in [0, 0.05) is 29.2 Å². The summed E-state index contributed by atoms with van der Waals surface area (Å²) < 4.78 is 95.3. The number of hydrogen-bond donors (Lipinski definition) is 1. The largest absolute Gasteiger partial charge is 0.417 e. The van der Waals surface area contributed by atoms with E-state index in [0.717, 1.165) is 12.1 Å². The van der Waals surface area contributed by atoms with Crippen molar-refractivity contribution in [1.29, 1.82) is 0 Å². The second-order valence-electron chi connectivity index (χ2n) is 8.71. The first-order chi connectivity index (χ1) is 14.1. The Hall–Kier alpha value is -2.55. The highest BCUT2D eigenvalue weighted by molar-refractivity contribution is 5.89. The van der Waals surface area contributed by atoms with Gasteiger partial charge >= 0.3 is 12.4 Å². The van der Waals surface area contributed by atoms with E-state index in [2.05, 4.69) is 0 Å². The van der Waals surface area contributed by atoms with Crippen LogP contribution in [0.25, 0.3) is 22.0 Å². The molecule has 0 saturated carbocycles. The quantitative estimate of drug-likeness (QED) is 0.429. The molecule has 3 aromatic rings. The topological polar surface area (TPSA) is 30.9 Å². The molecule has 1 heterocycles. The Balaban J connectivity index is 2.26. The number of halogens is 7. The Morgan fingerprint density at radius 3 is 2.13 bits per heavy atom. The average molecular weight is 446 g/mol. The summed E-state index contributed by atoms with van der Waals surface area (Å²) in [5.74, 6) is -1.04. The molecule has 0 radical (unpaired) electrons. The first-order valence-electron chi connectivity index (χ1n) is 9.40. The molecule has 2 N–H and O–H groups in total. The van der Waals surface area contributed by atoms with Crippen molar-refractivity contribution in [3.05, 3.63) is 59.5 Å². The first-order valence-corrected chi connectivity index (χ1v) is 9.40. The van der Waals surface area contributed by atoms with Crippen molar-refractivity contribution in [2.45, 2.75) is 45.7 Å². The van der Waals surface area contributed by atoms with Gasteiger partial charge in [0.2, 0.25) is 0 Å². The predicted molar refractivity (Wildman–Crippen MR) is 105 cm³/mol. The van der Waals surface area contributed by atoms with Crippen LogP contribution >= 0.6 is 0 Å². The third-order valence-corrected chi connectivity index (χ3v) is 4.84. The van der Waals surface area contributed by atoms with Gasteiger partial charge in [-0.15, -0.1) is 0 Å². The molecule has 0 aliphatic heterocycles. The number of hydrogen-bond acceptors (Lipinski definition) is 1. The molecule has 0 aliphatic carbocycles. The number of fused-ring (bicyclic) bond motifs is 1. The van der Waals surface area contributed by atoms with Crippen LogP contribution in [0.2, 0.25) is 0 Å². The Morgan fingerprint density at radius 2 is 1.58 bits per heavy atom. The molecule has 0 aliphatic rings. The van der Waals surface area contributed by atoms with Crippen LogP contribution in [0.3, 0.4) is 0 Å². The Labute approximate surface area is 174 Å². The van der Waals surface area contributed by atoms with Crippen molar-refractivity contribution in [1.82, 2.24) is 4.57 Å². The van der Waals surface area contributed by atoms with E-state index in [9.17, 15) is 30.7 Å². The minimum Gasteiger partial charge on any atom is -0.347 e. The molecule has 168 valence electrons. The zero-order valence-corrected chi connectivity index (χ0v) is 17.0. The summed E-state index contributed by atoms with van der Waals surface area (Å²) in [5.41, 5.74) is 3.96. The molecule has 1 atom stereocenters. The summed E-state index contributed by atoms with van der Waals surface area (Å²) in [6, 6.07) is 4.09. The molecule has 0 unspecified atom stereocenters. The van der Waals surface area contributed by atoms with E-state index >= 15 is 0 Å². The smallest absolute Gasteiger partial charge is 0.347 e. The zero-order chi connectivity index (χ0) is 23.4. The van der Waals surface area contributed by atoms with Gasteiger partial charge in [-0.05, 0) is 34.7 Å². The lowest BCUT2D eigenvalue weighted by atomic mass is 9.96. The monoisotopic (exact) mass is 446 g/mol. The van der Waals surface area contributed by atoms with Crippen molar-refractivity contribution < 1.29 is 30.7 Å². The fourth-order valence-corrected chi connectivity index (χ4v) is 3.56. The van der Waals surface area contributed by atoms with E-state index < -0.39 is 29.8 Å². The van der Waals surface area contributed by atoms with Gasteiger partial charge in [-0.1, -0.05) is 39.0 Å². The lowest BCUT2D eigenvalue weighted by Gasteiger charge is -2.20. The third-order valence-electron chi connectivity index (χ3n) is 4.84. The summed E-state index contributed by atoms with van der Waals surface area (Å²) in [5, 5.41) is 0.202. The molecule has 0 spiro atoms. The van der Waals surface area contributed by atoms with E-state index in [4.69, 9.17) is 5.73 Å².